The summed E-state index contributed by atoms with van der Waals surface area (Å²) in [5, 5.41) is 9.19. The maximum Gasteiger partial charge on any atom is 0.0624 e. The van der Waals surface area contributed by atoms with Crippen molar-refractivity contribution in [3.8, 4) is 0 Å². The Morgan fingerprint density at radius 2 is 1.76 bits per heavy atom. The third kappa shape index (κ3) is 1.83. The lowest BCUT2D eigenvalue weighted by Gasteiger charge is -2.37. The van der Waals surface area contributed by atoms with E-state index in [0.717, 1.165) is 18.4 Å². The molecule has 1 unspecified atom stereocenters. The molecule has 0 fully saturated rings. The SMILES string of the molecule is NC(CO)c1cc2c3c(c1)CCCN3CCC2. The van der Waals surface area contributed by atoms with Crippen LogP contribution in [-0.4, -0.2) is 24.8 Å². The smallest absolute Gasteiger partial charge is 0.0624 e. The first kappa shape index (κ1) is 11.1. The first-order valence-electron chi connectivity index (χ1n) is 6.56. The van der Waals surface area contributed by atoms with E-state index in [9.17, 15) is 5.11 Å². The highest BCUT2D eigenvalue weighted by atomic mass is 16.3. The van der Waals surface area contributed by atoms with Crippen LogP contribution in [0.4, 0.5) is 5.69 Å². The zero-order valence-corrected chi connectivity index (χ0v) is 10.2. The molecule has 1 aromatic rings. The van der Waals surface area contributed by atoms with Crippen molar-refractivity contribution in [2.45, 2.75) is 31.7 Å². The van der Waals surface area contributed by atoms with Crippen LogP contribution in [0.15, 0.2) is 12.1 Å². The first-order chi connectivity index (χ1) is 8.29. The number of benzene rings is 1. The number of anilines is 1. The molecule has 3 heteroatoms. The summed E-state index contributed by atoms with van der Waals surface area (Å²) in [6.07, 6.45) is 4.80. The second-order valence-corrected chi connectivity index (χ2v) is 5.17. The van der Waals surface area contributed by atoms with E-state index in [-0.39, 0.29) is 12.6 Å². The van der Waals surface area contributed by atoms with Gasteiger partial charge in [0, 0.05) is 18.8 Å². The standard InChI is InChI=1S/C14H20N2O/c15-13(9-17)12-7-10-3-1-5-16-6-2-4-11(8-12)14(10)16/h7-8,13,17H,1-6,9,15H2. The van der Waals surface area contributed by atoms with Crippen LogP contribution in [0.1, 0.15) is 35.6 Å². The Kier molecular flexibility index (Phi) is 2.81. The summed E-state index contributed by atoms with van der Waals surface area (Å²) in [4.78, 5) is 2.52. The molecule has 1 aromatic carbocycles. The molecule has 0 aliphatic carbocycles. The van der Waals surface area contributed by atoms with Gasteiger partial charge in [0.05, 0.1) is 12.6 Å². The average molecular weight is 232 g/mol. The molecule has 0 saturated carbocycles. The molecule has 0 amide bonds. The van der Waals surface area contributed by atoms with Gasteiger partial charge >= 0.3 is 0 Å². The fourth-order valence-electron chi connectivity index (χ4n) is 3.15. The van der Waals surface area contributed by atoms with Gasteiger partial charge < -0.3 is 15.7 Å². The summed E-state index contributed by atoms with van der Waals surface area (Å²) in [7, 11) is 0. The molecule has 1 atom stereocenters. The van der Waals surface area contributed by atoms with Crippen molar-refractivity contribution in [1.29, 1.82) is 0 Å². The molecule has 0 saturated heterocycles. The fraction of sp³-hybridized carbons (Fsp3) is 0.571. The zero-order valence-electron chi connectivity index (χ0n) is 10.2. The molecular formula is C14H20N2O. The van der Waals surface area contributed by atoms with Crippen LogP contribution < -0.4 is 10.6 Å². The number of rotatable bonds is 2. The molecule has 2 heterocycles. The van der Waals surface area contributed by atoms with Gasteiger partial charge in [-0.1, -0.05) is 12.1 Å². The van der Waals surface area contributed by atoms with E-state index in [4.69, 9.17) is 5.73 Å². The van der Waals surface area contributed by atoms with E-state index >= 15 is 0 Å². The van der Waals surface area contributed by atoms with Gasteiger partial charge in [-0.15, -0.1) is 0 Å². The molecule has 2 aliphatic heterocycles. The summed E-state index contributed by atoms with van der Waals surface area (Å²) >= 11 is 0. The minimum Gasteiger partial charge on any atom is -0.394 e. The maximum absolute atomic E-state index is 9.19. The van der Waals surface area contributed by atoms with Crippen LogP contribution in [0.25, 0.3) is 0 Å². The minimum atomic E-state index is -0.228. The third-order valence-electron chi connectivity index (χ3n) is 3.98. The lowest BCUT2D eigenvalue weighted by molar-refractivity contribution is 0.268. The highest BCUT2D eigenvalue weighted by Gasteiger charge is 2.24. The maximum atomic E-state index is 9.19. The molecule has 0 radical (unpaired) electrons. The van der Waals surface area contributed by atoms with E-state index in [2.05, 4.69) is 17.0 Å². The van der Waals surface area contributed by atoms with Crippen molar-refractivity contribution < 1.29 is 5.11 Å². The number of hydrogen-bond acceptors (Lipinski definition) is 3. The van der Waals surface area contributed by atoms with Crippen LogP contribution in [0, 0.1) is 0 Å². The number of nitrogens with zero attached hydrogens (tertiary/aromatic N) is 1. The van der Waals surface area contributed by atoms with Gasteiger partial charge in [0.2, 0.25) is 0 Å². The number of aliphatic hydroxyl groups is 1. The molecule has 3 N–H and O–H groups in total. The predicted octanol–water partition coefficient (Wildman–Crippen LogP) is 1.38. The largest absolute Gasteiger partial charge is 0.394 e. The lowest BCUT2D eigenvalue weighted by Crippen LogP contribution is -2.34. The Morgan fingerprint density at radius 3 is 2.29 bits per heavy atom. The van der Waals surface area contributed by atoms with Crippen molar-refractivity contribution in [3.05, 3.63) is 28.8 Å². The van der Waals surface area contributed by atoms with Crippen molar-refractivity contribution >= 4 is 5.69 Å². The predicted molar refractivity (Wildman–Crippen MR) is 69.3 cm³/mol. The van der Waals surface area contributed by atoms with Crippen molar-refractivity contribution in [2.24, 2.45) is 5.73 Å². The van der Waals surface area contributed by atoms with Gasteiger partial charge in [-0.05, 0) is 42.4 Å². The van der Waals surface area contributed by atoms with E-state index in [1.165, 1.54) is 42.7 Å². The van der Waals surface area contributed by atoms with Crippen LogP contribution >= 0.6 is 0 Å². The highest BCUT2D eigenvalue weighted by Crippen LogP contribution is 2.36. The van der Waals surface area contributed by atoms with Gasteiger partial charge in [-0.2, -0.15) is 0 Å². The van der Waals surface area contributed by atoms with Crippen LogP contribution in [0.3, 0.4) is 0 Å². The summed E-state index contributed by atoms with van der Waals surface area (Å²) < 4.78 is 0. The van der Waals surface area contributed by atoms with Gasteiger partial charge in [-0.25, -0.2) is 0 Å². The highest BCUT2D eigenvalue weighted by molar-refractivity contribution is 5.64. The second kappa shape index (κ2) is 4.31. The molecule has 0 bridgehead atoms. The lowest BCUT2D eigenvalue weighted by atomic mass is 9.89. The average Bonchev–Trinajstić information content (AvgIpc) is 2.38. The van der Waals surface area contributed by atoms with Gasteiger partial charge in [-0.3, -0.25) is 0 Å². The quantitative estimate of drug-likeness (QED) is 0.810. The molecule has 17 heavy (non-hydrogen) atoms. The molecule has 2 aliphatic rings. The Labute approximate surface area is 102 Å². The Morgan fingerprint density at radius 1 is 1.18 bits per heavy atom. The zero-order chi connectivity index (χ0) is 11.8. The van der Waals surface area contributed by atoms with Gasteiger partial charge in [0.15, 0.2) is 0 Å². The Balaban J connectivity index is 2.08. The summed E-state index contributed by atoms with van der Waals surface area (Å²) in [6.45, 7) is 2.43. The monoisotopic (exact) mass is 232 g/mol. The summed E-state index contributed by atoms with van der Waals surface area (Å²) in [5.41, 5.74) is 11.4. The van der Waals surface area contributed by atoms with Crippen molar-refractivity contribution in [2.75, 3.05) is 24.6 Å². The van der Waals surface area contributed by atoms with Crippen LogP contribution in [0.2, 0.25) is 0 Å². The van der Waals surface area contributed by atoms with E-state index in [0.29, 0.717) is 0 Å². The molecule has 3 rings (SSSR count). The number of hydrogen-bond donors (Lipinski definition) is 2. The third-order valence-corrected chi connectivity index (χ3v) is 3.98. The Bertz CT molecular complexity index is 399. The fourth-order valence-corrected chi connectivity index (χ4v) is 3.15. The molecule has 0 aromatic heterocycles. The topological polar surface area (TPSA) is 49.5 Å². The minimum absolute atomic E-state index is 0.0297. The summed E-state index contributed by atoms with van der Waals surface area (Å²) in [6, 6.07) is 4.18. The molecule has 3 nitrogen and oxygen atoms in total. The van der Waals surface area contributed by atoms with Gasteiger partial charge in [0.1, 0.15) is 0 Å². The van der Waals surface area contributed by atoms with Crippen molar-refractivity contribution in [1.82, 2.24) is 0 Å². The van der Waals surface area contributed by atoms with Gasteiger partial charge in [0.25, 0.3) is 0 Å². The van der Waals surface area contributed by atoms with Crippen LogP contribution in [-0.2, 0) is 12.8 Å². The normalized spacial score (nSPS) is 20.0. The second-order valence-electron chi connectivity index (χ2n) is 5.17. The first-order valence-corrected chi connectivity index (χ1v) is 6.56. The number of aliphatic hydroxyl groups excluding tert-OH is 1. The van der Waals surface area contributed by atoms with E-state index in [1.807, 2.05) is 0 Å². The number of nitrogens with two attached hydrogens (primary N) is 1. The summed E-state index contributed by atoms with van der Waals surface area (Å²) in [5.74, 6) is 0. The van der Waals surface area contributed by atoms with E-state index in [1.54, 1.807) is 0 Å². The van der Waals surface area contributed by atoms with Crippen molar-refractivity contribution in [3.63, 3.8) is 0 Å². The Hall–Kier alpha value is -1.06. The molecule has 92 valence electrons. The molecule has 0 spiro atoms. The van der Waals surface area contributed by atoms with E-state index < -0.39 is 0 Å². The number of aryl methyl sites for hydroxylation is 2. The molecular weight excluding hydrogens is 212 g/mol. The van der Waals surface area contributed by atoms with Crippen LogP contribution in [0.5, 0.6) is 0 Å².